The lowest BCUT2D eigenvalue weighted by Gasteiger charge is -2.07. The normalized spacial score (nSPS) is 10.7. The van der Waals surface area contributed by atoms with E-state index in [1.54, 1.807) is 31.5 Å². The summed E-state index contributed by atoms with van der Waals surface area (Å²) in [6.45, 7) is 3.82. The van der Waals surface area contributed by atoms with Crippen LogP contribution in [0, 0.1) is 13.8 Å². The second-order valence-corrected chi connectivity index (χ2v) is 5.17. The summed E-state index contributed by atoms with van der Waals surface area (Å²) in [6, 6.07) is 5.32. The average Bonchev–Trinajstić information content (AvgIpc) is 2.54. The Hall–Kier alpha value is -3.09. The van der Waals surface area contributed by atoms with Gasteiger partial charge in [0, 0.05) is 18.1 Å². The first kappa shape index (κ1) is 14.8. The zero-order chi connectivity index (χ0) is 16.4. The van der Waals surface area contributed by atoms with E-state index in [4.69, 9.17) is 0 Å². The summed E-state index contributed by atoms with van der Waals surface area (Å²) < 4.78 is 1.42. The highest BCUT2D eigenvalue weighted by Gasteiger charge is 2.14. The molecule has 7 nitrogen and oxygen atoms in total. The highest BCUT2D eigenvalue weighted by molar-refractivity contribution is 5.93. The van der Waals surface area contributed by atoms with E-state index in [2.05, 4.69) is 20.3 Å². The molecule has 0 aliphatic carbocycles. The van der Waals surface area contributed by atoms with Gasteiger partial charge in [-0.05, 0) is 26.0 Å². The molecule has 1 amide bonds. The second kappa shape index (κ2) is 5.96. The first-order valence-corrected chi connectivity index (χ1v) is 7.09. The average molecular weight is 309 g/mol. The molecule has 0 saturated heterocycles. The van der Waals surface area contributed by atoms with Gasteiger partial charge in [-0.2, -0.15) is 0 Å². The molecule has 0 aliphatic heterocycles. The van der Waals surface area contributed by atoms with E-state index in [0.717, 1.165) is 11.4 Å². The molecule has 0 aromatic carbocycles. The molecule has 0 fully saturated rings. The lowest BCUT2D eigenvalue weighted by Crippen LogP contribution is -2.32. The molecule has 1 N–H and O–H groups in total. The smallest absolute Gasteiger partial charge is 0.270 e. The van der Waals surface area contributed by atoms with Crippen LogP contribution in [-0.4, -0.2) is 25.3 Å². The molecule has 0 atom stereocenters. The number of pyridine rings is 1. The van der Waals surface area contributed by atoms with Crippen molar-refractivity contribution in [1.29, 1.82) is 0 Å². The molecule has 0 aliphatic rings. The van der Waals surface area contributed by atoms with Crippen molar-refractivity contribution in [3.05, 3.63) is 69.8 Å². The maximum absolute atomic E-state index is 12.5. The summed E-state index contributed by atoms with van der Waals surface area (Å²) in [5.41, 5.74) is 2.26. The molecule has 0 unspecified atom stereocenters. The van der Waals surface area contributed by atoms with E-state index in [-0.39, 0.29) is 17.7 Å². The van der Waals surface area contributed by atoms with Gasteiger partial charge in [0.15, 0.2) is 0 Å². The van der Waals surface area contributed by atoms with Gasteiger partial charge in [0.1, 0.15) is 11.2 Å². The molecule has 23 heavy (non-hydrogen) atoms. The molecule has 3 aromatic heterocycles. The number of aryl methyl sites for hydroxylation is 2. The summed E-state index contributed by atoms with van der Waals surface area (Å²) in [7, 11) is 0. The van der Waals surface area contributed by atoms with Crippen molar-refractivity contribution >= 4 is 11.6 Å². The number of rotatable bonds is 3. The van der Waals surface area contributed by atoms with E-state index in [0.29, 0.717) is 11.3 Å². The van der Waals surface area contributed by atoms with Crippen molar-refractivity contribution in [2.45, 2.75) is 20.4 Å². The van der Waals surface area contributed by atoms with Crippen LogP contribution >= 0.6 is 0 Å². The van der Waals surface area contributed by atoms with Crippen molar-refractivity contribution < 1.29 is 4.79 Å². The van der Waals surface area contributed by atoms with Crippen LogP contribution in [0.25, 0.3) is 5.65 Å². The molecule has 0 radical (unpaired) electrons. The summed E-state index contributed by atoms with van der Waals surface area (Å²) in [5, 5.41) is 2.66. The van der Waals surface area contributed by atoms with Crippen molar-refractivity contribution in [2.24, 2.45) is 0 Å². The molecule has 116 valence electrons. The Labute approximate surface area is 132 Å². The first-order chi connectivity index (χ1) is 11.1. The van der Waals surface area contributed by atoms with Gasteiger partial charge < -0.3 is 5.32 Å². The second-order valence-electron chi connectivity index (χ2n) is 5.17. The van der Waals surface area contributed by atoms with Gasteiger partial charge in [0.05, 0.1) is 24.1 Å². The molecule has 7 heteroatoms. The lowest BCUT2D eigenvalue weighted by molar-refractivity contribution is 0.0948. The minimum atomic E-state index is -0.484. The van der Waals surface area contributed by atoms with Gasteiger partial charge in [-0.1, -0.05) is 6.07 Å². The monoisotopic (exact) mass is 309 g/mol. The van der Waals surface area contributed by atoms with Crippen LogP contribution in [0.3, 0.4) is 0 Å². The van der Waals surface area contributed by atoms with E-state index in [1.165, 1.54) is 10.6 Å². The number of nitrogens with one attached hydrogen (secondary N) is 1. The Kier molecular flexibility index (Phi) is 3.84. The number of fused-ring (bicyclic) bond motifs is 1. The van der Waals surface area contributed by atoms with Gasteiger partial charge in [0.25, 0.3) is 11.5 Å². The summed E-state index contributed by atoms with van der Waals surface area (Å²) >= 11 is 0. The predicted molar refractivity (Wildman–Crippen MR) is 84.1 cm³/mol. The maximum atomic E-state index is 12.5. The number of aromatic nitrogens is 4. The summed E-state index contributed by atoms with van der Waals surface area (Å²) in [6.07, 6.45) is 4.51. The molecular weight excluding hydrogens is 294 g/mol. The Bertz CT molecular complexity index is 931. The quantitative estimate of drug-likeness (QED) is 0.780. The first-order valence-electron chi connectivity index (χ1n) is 7.09. The third-order valence-electron chi connectivity index (χ3n) is 3.43. The van der Waals surface area contributed by atoms with Crippen LogP contribution in [0.15, 0.2) is 41.6 Å². The molecule has 0 saturated carbocycles. The van der Waals surface area contributed by atoms with Crippen LogP contribution in [0.1, 0.15) is 27.4 Å². The fourth-order valence-electron chi connectivity index (χ4n) is 2.21. The number of carbonyl (C=O) groups excluding carboxylic acids is 1. The Morgan fingerprint density at radius 1 is 1.13 bits per heavy atom. The fraction of sp³-hybridized carbons (Fsp3) is 0.188. The molecular formula is C16H15N5O2. The number of carbonyl (C=O) groups is 1. The van der Waals surface area contributed by atoms with Gasteiger partial charge >= 0.3 is 0 Å². The lowest BCUT2D eigenvalue weighted by atomic mass is 10.2. The Balaban J connectivity index is 1.86. The van der Waals surface area contributed by atoms with Gasteiger partial charge in [0.2, 0.25) is 0 Å². The molecule has 0 bridgehead atoms. The van der Waals surface area contributed by atoms with Crippen LogP contribution in [0.5, 0.6) is 0 Å². The predicted octanol–water partition coefficient (Wildman–Crippen LogP) is 1.03. The Morgan fingerprint density at radius 3 is 2.70 bits per heavy atom. The third kappa shape index (κ3) is 2.94. The standard InChI is InChI=1S/C16H15N5O2/c1-10-6-18-12(7-17-10)8-20-15(22)13-9-19-14-5-3-4-11(2)21(14)16(13)23/h3-7,9H,8H2,1-2H3,(H,20,22). The van der Waals surface area contributed by atoms with E-state index in [9.17, 15) is 9.59 Å². The number of hydrogen-bond acceptors (Lipinski definition) is 5. The minimum Gasteiger partial charge on any atom is -0.346 e. The van der Waals surface area contributed by atoms with E-state index in [1.807, 2.05) is 13.0 Å². The SMILES string of the molecule is Cc1cnc(CNC(=O)c2cnc3cccc(C)n3c2=O)cn1. The van der Waals surface area contributed by atoms with Gasteiger partial charge in [-0.3, -0.25) is 24.0 Å². The number of nitrogens with zero attached hydrogens (tertiary/aromatic N) is 4. The minimum absolute atomic E-state index is 0.00290. The van der Waals surface area contributed by atoms with Crippen molar-refractivity contribution in [3.63, 3.8) is 0 Å². The van der Waals surface area contributed by atoms with Crippen LogP contribution in [0.2, 0.25) is 0 Å². The third-order valence-corrected chi connectivity index (χ3v) is 3.43. The number of hydrogen-bond donors (Lipinski definition) is 1. The fourth-order valence-corrected chi connectivity index (χ4v) is 2.21. The van der Waals surface area contributed by atoms with Crippen molar-refractivity contribution in [2.75, 3.05) is 0 Å². The Morgan fingerprint density at radius 2 is 1.96 bits per heavy atom. The maximum Gasteiger partial charge on any atom is 0.270 e. The zero-order valence-electron chi connectivity index (χ0n) is 12.8. The summed E-state index contributed by atoms with van der Waals surface area (Å²) in [4.78, 5) is 37.2. The molecule has 3 aromatic rings. The van der Waals surface area contributed by atoms with E-state index >= 15 is 0 Å². The largest absolute Gasteiger partial charge is 0.346 e. The van der Waals surface area contributed by atoms with Crippen molar-refractivity contribution in [3.8, 4) is 0 Å². The van der Waals surface area contributed by atoms with Gasteiger partial charge in [-0.15, -0.1) is 0 Å². The zero-order valence-corrected chi connectivity index (χ0v) is 12.8. The van der Waals surface area contributed by atoms with Gasteiger partial charge in [-0.25, -0.2) is 4.98 Å². The van der Waals surface area contributed by atoms with E-state index < -0.39 is 5.91 Å². The topological polar surface area (TPSA) is 89.3 Å². The van der Waals surface area contributed by atoms with Crippen LogP contribution in [-0.2, 0) is 6.54 Å². The molecule has 3 rings (SSSR count). The summed E-state index contributed by atoms with van der Waals surface area (Å²) in [5.74, 6) is -0.484. The number of amides is 1. The van der Waals surface area contributed by atoms with Crippen molar-refractivity contribution in [1.82, 2.24) is 24.7 Å². The highest BCUT2D eigenvalue weighted by atomic mass is 16.2. The molecule has 3 heterocycles. The van der Waals surface area contributed by atoms with Crippen LogP contribution < -0.4 is 10.9 Å². The molecule has 0 spiro atoms. The van der Waals surface area contributed by atoms with Crippen LogP contribution in [0.4, 0.5) is 0 Å². The highest BCUT2D eigenvalue weighted by Crippen LogP contribution is 2.02.